The van der Waals surface area contributed by atoms with Crippen LogP contribution < -0.4 is 4.90 Å². The Morgan fingerprint density at radius 1 is 1.19 bits per heavy atom. The molecule has 0 spiro atoms. The van der Waals surface area contributed by atoms with Crippen molar-refractivity contribution in [3.05, 3.63) is 30.1 Å². The molecule has 3 rings (SSSR count). The van der Waals surface area contributed by atoms with Gasteiger partial charge in [-0.2, -0.15) is 5.10 Å². The van der Waals surface area contributed by atoms with Crippen LogP contribution >= 0.6 is 0 Å². The third-order valence-corrected chi connectivity index (χ3v) is 5.35. The topological polar surface area (TPSA) is 57.3 Å². The number of anilines is 1. The molecule has 1 saturated heterocycles. The SMILES string of the molecule is CCCCN(C)Cc1cn[nH]c1-c1ccc(N(CC)C2CCOCC2)nc1. The van der Waals surface area contributed by atoms with Gasteiger partial charge in [-0.1, -0.05) is 13.3 Å². The molecule has 2 aromatic heterocycles. The van der Waals surface area contributed by atoms with E-state index in [4.69, 9.17) is 9.72 Å². The molecule has 6 heteroatoms. The third kappa shape index (κ3) is 5.08. The Kier molecular flexibility index (Phi) is 7.24. The summed E-state index contributed by atoms with van der Waals surface area (Å²) in [6.07, 6.45) is 8.50. The maximum Gasteiger partial charge on any atom is 0.128 e. The van der Waals surface area contributed by atoms with Gasteiger partial charge in [0.1, 0.15) is 5.82 Å². The number of nitrogens with one attached hydrogen (secondary N) is 1. The van der Waals surface area contributed by atoms with Crippen LogP contribution in [0.1, 0.15) is 45.1 Å². The van der Waals surface area contributed by atoms with Crippen molar-refractivity contribution in [2.24, 2.45) is 0 Å². The molecular weight excluding hydrogens is 338 g/mol. The highest BCUT2D eigenvalue weighted by atomic mass is 16.5. The minimum atomic E-state index is 0.525. The van der Waals surface area contributed by atoms with E-state index in [1.54, 1.807) is 0 Å². The van der Waals surface area contributed by atoms with Crippen LogP contribution in [0.5, 0.6) is 0 Å². The van der Waals surface area contributed by atoms with E-state index in [2.05, 4.69) is 53.0 Å². The van der Waals surface area contributed by atoms with Gasteiger partial charge in [-0.15, -0.1) is 0 Å². The summed E-state index contributed by atoms with van der Waals surface area (Å²) in [5.74, 6) is 1.05. The molecule has 6 nitrogen and oxygen atoms in total. The third-order valence-electron chi connectivity index (χ3n) is 5.35. The van der Waals surface area contributed by atoms with Crippen LogP contribution in [0, 0.1) is 0 Å². The van der Waals surface area contributed by atoms with E-state index >= 15 is 0 Å². The normalized spacial score (nSPS) is 15.4. The average Bonchev–Trinajstić information content (AvgIpc) is 3.16. The number of aromatic nitrogens is 3. The van der Waals surface area contributed by atoms with Crippen molar-refractivity contribution in [3.8, 4) is 11.3 Å². The molecule has 0 saturated carbocycles. The summed E-state index contributed by atoms with van der Waals surface area (Å²) < 4.78 is 5.51. The Hall–Kier alpha value is -1.92. The predicted molar refractivity (Wildman–Crippen MR) is 110 cm³/mol. The molecule has 1 fully saturated rings. The first-order valence-corrected chi connectivity index (χ1v) is 10.2. The molecule has 1 aliphatic heterocycles. The van der Waals surface area contributed by atoms with Crippen molar-refractivity contribution in [2.45, 2.75) is 52.1 Å². The number of pyridine rings is 1. The lowest BCUT2D eigenvalue weighted by Crippen LogP contribution is -2.39. The fourth-order valence-electron chi connectivity index (χ4n) is 3.79. The lowest BCUT2D eigenvalue weighted by molar-refractivity contribution is 0.0845. The van der Waals surface area contributed by atoms with Crippen molar-refractivity contribution >= 4 is 5.82 Å². The van der Waals surface area contributed by atoms with Crippen molar-refractivity contribution in [1.29, 1.82) is 0 Å². The highest BCUT2D eigenvalue weighted by Crippen LogP contribution is 2.25. The first-order valence-electron chi connectivity index (χ1n) is 10.2. The van der Waals surface area contributed by atoms with Gasteiger partial charge in [0, 0.05) is 49.7 Å². The molecule has 0 aromatic carbocycles. The second-order valence-corrected chi connectivity index (χ2v) is 7.40. The molecule has 2 aromatic rings. The van der Waals surface area contributed by atoms with Gasteiger partial charge in [-0.3, -0.25) is 5.10 Å². The molecule has 0 radical (unpaired) electrons. The molecule has 0 unspecified atom stereocenters. The Morgan fingerprint density at radius 3 is 2.67 bits per heavy atom. The zero-order valence-electron chi connectivity index (χ0n) is 16.9. The summed E-state index contributed by atoms with van der Waals surface area (Å²) >= 11 is 0. The number of nitrogens with zero attached hydrogens (tertiary/aromatic N) is 4. The van der Waals surface area contributed by atoms with Crippen LogP contribution in [-0.2, 0) is 11.3 Å². The van der Waals surface area contributed by atoms with Gasteiger partial charge in [0.25, 0.3) is 0 Å². The number of aromatic amines is 1. The van der Waals surface area contributed by atoms with Crippen molar-refractivity contribution in [1.82, 2.24) is 20.1 Å². The second-order valence-electron chi connectivity index (χ2n) is 7.40. The zero-order valence-corrected chi connectivity index (χ0v) is 16.9. The molecule has 1 N–H and O–H groups in total. The molecule has 3 heterocycles. The van der Waals surface area contributed by atoms with Gasteiger partial charge < -0.3 is 14.5 Å². The van der Waals surface area contributed by atoms with Crippen molar-refractivity contribution in [2.75, 3.05) is 38.3 Å². The van der Waals surface area contributed by atoms with E-state index in [-0.39, 0.29) is 0 Å². The summed E-state index contributed by atoms with van der Waals surface area (Å²) in [7, 11) is 2.17. The van der Waals surface area contributed by atoms with Gasteiger partial charge in [0.05, 0.1) is 11.9 Å². The first-order chi connectivity index (χ1) is 13.2. The largest absolute Gasteiger partial charge is 0.381 e. The van der Waals surface area contributed by atoms with Crippen LogP contribution in [0.15, 0.2) is 24.5 Å². The minimum Gasteiger partial charge on any atom is -0.381 e. The quantitative estimate of drug-likeness (QED) is 0.728. The first kappa shape index (κ1) is 19.8. The molecule has 0 bridgehead atoms. The van der Waals surface area contributed by atoms with E-state index in [0.717, 1.165) is 62.8 Å². The van der Waals surface area contributed by atoms with Gasteiger partial charge in [0.15, 0.2) is 0 Å². The monoisotopic (exact) mass is 371 g/mol. The summed E-state index contributed by atoms with van der Waals surface area (Å²) in [4.78, 5) is 9.53. The molecule has 148 valence electrons. The van der Waals surface area contributed by atoms with Gasteiger partial charge in [-0.05, 0) is 51.9 Å². The zero-order chi connectivity index (χ0) is 19.1. The van der Waals surface area contributed by atoms with Crippen molar-refractivity contribution in [3.63, 3.8) is 0 Å². The van der Waals surface area contributed by atoms with E-state index in [9.17, 15) is 0 Å². The summed E-state index contributed by atoms with van der Waals surface area (Å²) in [5.41, 5.74) is 3.39. The average molecular weight is 372 g/mol. The molecule has 27 heavy (non-hydrogen) atoms. The van der Waals surface area contributed by atoms with E-state index in [1.165, 1.54) is 18.4 Å². The predicted octanol–water partition coefficient (Wildman–Crippen LogP) is 3.71. The standard InChI is InChI=1S/C21H33N5O/c1-4-6-11-25(3)16-18-15-23-24-21(18)17-7-8-20(22-14-17)26(5-2)19-9-12-27-13-10-19/h7-8,14-15,19H,4-6,9-13,16H2,1-3H3,(H,23,24). The smallest absolute Gasteiger partial charge is 0.128 e. The molecular formula is C21H33N5O. The van der Waals surface area contributed by atoms with E-state index in [1.807, 2.05) is 12.4 Å². The number of hydrogen-bond acceptors (Lipinski definition) is 5. The Morgan fingerprint density at radius 2 is 2.00 bits per heavy atom. The number of unbranched alkanes of at least 4 members (excludes halogenated alkanes) is 1. The van der Waals surface area contributed by atoms with Crippen LogP contribution in [0.25, 0.3) is 11.3 Å². The Bertz CT molecular complexity index is 678. The molecule has 0 atom stereocenters. The number of hydrogen-bond donors (Lipinski definition) is 1. The summed E-state index contributed by atoms with van der Waals surface area (Å²) in [6.45, 7) is 9.10. The van der Waals surface area contributed by atoms with Crippen molar-refractivity contribution < 1.29 is 4.74 Å². The summed E-state index contributed by atoms with van der Waals surface area (Å²) in [6, 6.07) is 4.82. The van der Waals surface area contributed by atoms with Gasteiger partial charge >= 0.3 is 0 Å². The fraction of sp³-hybridized carbons (Fsp3) is 0.619. The number of H-pyrrole nitrogens is 1. The van der Waals surface area contributed by atoms with E-state index in [0.29, 0.717) is 6.04 Å². The highest BCUT2D eigenvalue weighted by Gasteiger charge is 2.21. The van der Waals surface area contributed by atoms with Gasteiger partial charge in [-0.25, -0.2) is 4.98 Å². The van der Waals surface area contributed by atoms with Crippen LogP contribution in [0.3, 0.4) is 0 Å². The summed E-state index contributed by atoms with van der Waals surface area (Å²) in [5, 5.41) is 7.44. The lowest BCUT2D eigenvalue weighted by Gasteiger charge is -2.34. The molecule has 0 amide bonds. The van der Waals surface area contributed by atoms with E-state index < -0.39 is 0 Å². The number of rotatable bonds is 9. The lowest BCUT2D eigenvalue weighted by atomic mass is 10.1. The maximum absolute atomic E-state index is 5.51. The molecule has 1 aliphatic rings. The van der Waals surface area contributed by atoms with Gasteiger partial charge in [0.2, 0.25) is 0 Å². The highest BCUT2D eigenvalue weighted by molar-refractivity contribution is 5.63. The maximum atomic E-state index is 5.51. The second kappa shape index (κ2) is 9.85. The Balaban J connectivity index is 1.71. The van der Waals surface area contributed by atoms with Crippen LogP contribution in [0.4, 0.5) is 5.82 Å². The fourth-order valence-corrected chi connectivity index (χ4v) is 3.79. The molecule has 0 aliphatic carbocycles. The van der Waals surface area contributed by atoms with Crippen LogP contribution in [-0.4, -0.2) is 59.5 Å². The number of ether oxygens (including phenoxy) is 1. The minimum absolute atomic E-state index is 0.525. The Labute approximate surface area is 162 Å². The van der Waals surface area contributed by atoms with Crippen LogP contribution in [0.2, 0.25) is 0 Å².